The number of rotatable bonds is 3. The number of pyridine rings is 1. The molecule has 0 amide bonds. The van der Waals surface area contributed by atoms with E-state index in [-0.39, 0.29) is 12.1 Å². The van der Waals surface area contributed by atoms with Crippen molar-refractivity contribution >= 4 is 27.8 Å². The number of aromatic nitrogens is 4. The van der Waals surface area contributed by atoms with E-state index < -0.39 is 0 Å². The molecule has 3 aromatic heterocycles. The number of nitrogens with one attached hydrogen (secondary N) is 2. The summed E-state index contributed by atoms with van der Waals surface area (Å²) in [6.45, 7) is 2.09. The summed E-state index contributed by atoms with van der Waals surface area (Å²) in [5, 5.41) is 15.6. The molecule has 0 aliphatic heterocycles. The third-order valence-corrected chi connectivity index (χ3v) is 5.66. The Kier molecular flexibility index (Phi) is 4.20. The smallest absolute Gasteiger partial charge is 0.223 e. The van der Waals surface area contributed by atoms with E-state index in [2.05, 4.69) is 45.4 Å². The number of aliphatic hydroxyl groups excluding tert-OH is 1. The Morgan fingerprint density at radius 2 is 2.00 bits per heavy atom. The number of aliphatic hydroxyl groups is 1. The van der Waals surface area contributed by atoms with Gasteiger partial charge in [-0.25, -0.2) is 9.97 Å². The molecule has 1 aliphatic rings. The van der Waals surface area contributed by atoms with E-state index in [4.69, 9.17) is 4.98 Å². The highest BCUT2D eigenvalue weighted by Crippen LogP contribution is 2.33. The molecule has 1 fully saturated rings. The van der Waals surface area contributed by atoms with E-state index in [1.165, 1.54) is 5.56 Å². The van der Waals surface area contributed by atoms with Crippen molar-refractivity contribution in [3.63, 3.8) is 0 Å². The zero-order valence-electron chi connectivity index (χ0n) is 15.8. The maximum absolute atomic E-state index is 10.3. The van der Waals surface area contributed by atoms with Gasteiger partial charge in [0.05, 0.1) is 17.7 Å². The van der Waals surface area contributed by atoms with Gasteiger partial charge < -0.3 is 15.4 Å². The monoisotopic (exact) mass is 373 g/mol. The Hall–Kier alpha value is -2.99. The van der Waals surface area contributed by atoms with Crippen molar-refractivity contribution in [1.29, 1.82) is 0 Å². The van der Waals surface area contributed by atoms with Crippen LogP contribution in [0.5, 0.6) is 0 Å². The van der Waals surface area contributed by atoms with E-state index in [9.17, 15) is 5.11 Å². The summed E-state index contributed by atoms with van der Waals surface area (Å²) < 4.78 is 0. The zero-order chi connectivity index (χ0) is 19.1. The topological polar surface area (TPSA) is 86.7 Å². The Morgan fingerprint density at radius 3 is 2.89 bits per heavy atom. The Morgan fingerprint density at radius 1 is 1.11 bits per heavy atom. The molecule has 4 aromatic rings. The second-order valence-corrected chi connectivity index (χ2v) is 7.67. The predicted molar refractivity (Wildman–Crippen MR) is 111 cm³/mol. The summed E-state index contributed by atoms with van der Waals surface area (Å²) in [6, 6.07) is 6.40. The van der Waals surface area contributed by atoms with Gasteiger partial charge in [-0.3, -0.25) is 4.98 Å². The van der Waals surface area contributed by atoms with Gasteiger partial charge in [-0.15, -0.1) is 0 Å². The number of fused-ring (bicyclic) bond motifs is 2. The molecule has 3 heterocycles. The molecule has 2 atom stereocenters. The van der Waals surface area contributed by atoms with E-state index in [0.717, 1.165) is 58.6 Å². The minimum absolute atomic E-state index is 0.00699. The molecule has 6 nitrogen and oxygen atoms in total. The van der Waals surface area contributed by atoms with Crippen molar-refractivity contribution < 1.29 is 5.11 Å². The van der Waals surface area contributed by atoms with Gasteiger partial charge in [-0.1, -0.05) is 25.0 Å². The summed E-state index contributed by atoms with van der Waals surface area (Å²) in [5.74, 6) is 0.557. The standard InChI is InChI=1S/C22H23N5O/c1-13-6-7-15-16(12-24-19(15)8-13)17-11-23-9-14-10-25-22(27-21(14)17)26-18-4-2-3-5-20(18)28/h6-12,18,20,24,28H,2-5H2,1H3,(H,25,26,27). The molecule has 2 unspecified atom stereocenters. The summed E-state index contributed by atoms with van der Waals surface area (Å²) >= 11 is 0. The quantitative estimate of drug-likeness (QED) is 0.501. The molecule has 1 aliphatic carbocycles. The van der Waals surface area contributed by atoms with Crippen LogP contribution in [0.4, 0.5) is 5.95 Å². The van der Waals surface area contributed by atoms with Crippen molar-refractivity contribution in [2.24, 2.45) is 0 Å². The number of aryl methyl sites for hydroxylation is 1. The summed E-state index contributed by atoms with van der Waals surface area (Å²) in [7, 11) is 0. The molecule has 0 radical (unpaired) electrons. The molecule has 28 heavy (non-hydrogen) atoms. The Balaban J connectivity index is 1.59. The van der Waals surface area contributed by atoms with Crippen molar-refractivity contribution in [2.75, 3.05) is 5.32 Å². The minimum Gasteiger partial charge on any atom is -0.391 e. The summed E-state index contributed by atoms with van der Waals surface area (Å²) in [5.41, 5.74) is 5.23. The number of nitrogens with zero attached hydrogens (tertiary/aromatic N) is 3. The maximum Gasteiger partial charge on any atom is 0.223 e. The van der Waals surface area contributed by atoms with Gasteiger partial charge >= 0.3 is 0 Å². The molecular weight excluding hydrogens is 350 g/mol. The van der Waals surface area contributed by atoms with Crippen LogP contribution in [-0.4, -0.2) is 37.2 Å². The van der Waals surface area contributed by atoms with Crippen LogP contribution in [0.2, 0.25) is 0 Å². The minimum atomic E-state index is -0.346. The lowest BCUT2D eigenvalue weighted by Crippen LogP contribution is -2.36. The number of aromatic amines is 1. The van der Waals surface area contributed by atoms with Gasteiger partial charge in [0.1, 0.15) is 0 Å². The maximum atomic E-state index is 10.3. The third-order valence-electron chi connectivity index (χ3n) is 5.66. The van der Waals surface area contributed by atoms with Crippen LogP contribution in [0.1, 0.15) is 31.2 Å². The van der Waals surface area contributed by atoms with Crippen LogP contribution < -0.4 is 5.32 Å². The van der Waals surface area contributed by atoms with Gasteiger partial charge in [0.15, 0.2) is 0 Å². The van der Waals surface area contributed by atoms with Crippen LogP contribution in [0.15, 0.2) is 43.0 Å². The van der Waals surface area contributed by atoms with Crippen LogP contribution in [0.3, 0.4) is 0 Å². The highest BCUT2D eigenvalue weighted by Gasteiger charge is 2.23. The fraction of sp³-hybridized carbons (Fsp3) is 0.318. The Bertz CT molecular complexity index is 1150. The first kappa shape index (κ1) is 17.1. The van der Waals surface area contributed by atoms with Crippen LogP contribution in [0, 0.1) is 6.92 Å². The lowest BCUT2D eigenvalue weighted by Gasteiger charge is -2.28. The SMILES string of the molecule is Cc1ccc2c(-c3cncc4cnc(NC5CCCCC5O)nc34)c[nH]c2c1. The third kappa shape index (κ3) is 2.99. The van der Waals surface area contributed by atoms with Crippen LogP contribution in [0.25, 0.3) is 32.9 Å². The van der Waals surface area contributed by atoms with E-state index >= 15 is 0 Å². The largest absolute Gasteiger partial charge is 0.391 e. The van der Waals surface area contributed by atoms with Crippen molar-refractivity contribution in [3.8, 4) is 11.1 Å². The average Bonchev–Trinajstić information content (AvgIpc) is 3.12. The fourth-order valence-corrected chi connectivity index (χ4v) is 4.13. The molecule has 0 spiro atoms. The number of benzene rings is 1. The molecule has 3 N–H and O–H groups in total. The molecule has 6 heteroatoms. The number of H-pyrrole nitrogens is 1. The van der Waals surface area contributed by atoms with Gasteiger partial charge in [-0.05, 0) is 31.4 Å². The first-order valence-electron chi connectivity index (χ1n) is 9.82. The first-order valence-corrected chi connectivity index (χ1v) is 9.82. The van der Waals surface area contributed by atoms with Crippen LogP contribution >= 0.6 is 0 Å². The number of hydrogen-bond acceptors (Lipinski definition) is 5. The van der Waals surface area contributed by atoms with Crippen molar-refractivity contribution in [1.82, 2.24) is 19.9 Å². The second-order valence-electron chi connectivity index (χ2n) is 7.67. The average molecular weight is 373 g/mol. The van der Waals surface area contributed by atoms with Gasteiger partial charge in [-0.2, -0.15) is 0 Å². The highest BCUT2D eigenvalue weighted by molar-refractivity contribution is 6.03. The Labute approximate surface area is 163 Å². The van der Waals surface area contributed by atoms with E-state index in [1.54, 1.807) is 12.4 Å². The van der Waals surface area contributed by atoms with Crippen molar-refractivity contribution in [3.05, 3.63) is 48.5 Å². The summed E-state index contributed by atoms with van der Waals surface area (Å²) in [6.07, 6.45) is 11.1. The fourth-order valence-electron chi connectivity index (χ4n) is 4.13. The number of anilines is 1. The van der Waals surface area contributed by atoms with E-state index in [0.29, 0.717) is 5.95 Å². The normalized spacial score (nSPS) is 19.9. The zero-order valence-corrected chi connectivity index (χ0v) is 15.8. The molecule has 5 rings (SSSR count). The van der Waals surface area contributed by atoms with Crippen LogP contribution in [-0.2, 0) is 0 Å². The van der Waals surface area contributed by atoms with Gasteiger partial charge in [0.25, 0.3) is 0 Å². The van der Waals surface area contributed by atoms with Gasteiger partial charge in [0.2, 0.25) is 5.95 Å². The van der Waals surface area contributed by atoms with E-state index in [1.807, 2.05) is 12.4 Å². The molecule has 1 aromatic carbocycles. The van der Waals surface area contributed by atoms with Crippen molar-refractivity contribution in [2.45, 2.75) is 44.8 Å². The molecule has 0 bridgehead atoms. The number of hydrogen-bond donors (Lipinski definition) is 3. The molecule has 1 saturated carbocycles. The molecule has 142 valence electrons. The summed E-state index contributed by atoms with van der Waals surface area (Å²) in [4.78, 5) is 17.0. The lowest BCUT2D eigenvalue weighted by molar-refractivity contribution is 0.116. The molecular formula is C22H23N5O. The molecule has 0 saturated heterocycles. The first-order chi connectivity index (χ1) is 13.7. The second kappa shape index (κ2) is 6.87. The highest BCUT2D eigenvalue weighted by atomic mass is 16.3. The predicted octanol–water partition coefficient (Wildman–Crippen LogP) is 4.20. The van der Waals surface area contributed by atoms with Gasteiger partial charge in [0, 0.05) is 52.2 Å². The lowest BCUT2D eigenvalue weighted by atomic mass is 9.93.